The summed E-state index contributed by atoms with van der Waals surface area (Å²) in [6.45, 7) is 6.59. The molecule has 3 unspecified atom stereocenters. The summed E-state index contributed by atoms with van der Waals surface area (Å²) in [5.41, 5.74) is 1.01. The van der Waals surface area contributed by atoms with Gasteiger partial charge in [-0.3, -0.25) is 4.90 Å². The van der Waals surface area contributed by atoms with Gasteiger partial charge >= 0.3 is 0 Å². The highest BCUT2D eigenvalue weighted by Crippen LogP contribution is 2.24. The van der Waals surface area contributed by atoms with Crippen LogP contribution in [0.25, 0.3) is 0 Å². The van der Waals surface area contributed by atoms with Gasteiger partial charge in [-0.1, -0.05) is 50.6 Å². The lowest BCUT2D eigenvalue weighted by atomic mass is 9.97. The highest BCUT2D eigenvalue weighted by molar-refractivity contribution is 5.18. The van der Waals surface area contributed by atoms with E-state index in [0.717, 1.165) is 12.0 Å². The Morgan fingerprint density at radius 2 is 1.78 bits per heavy atom. The molecule has 3 atom stereocenters. The molecule has 0 bridgehead atoms. The van der Waals surface area contributed by atoms with Gasteiger partial charge in [-0.2, -0.15) is 0 Å². The maximum atomic E-state index is 10.5. The average Bonchev–Trinajstić information content (AvgIpc) is 2.40. The first-order chi connectivity index (χ1) is 8.61. The fourth-order valence-corrected chi connectivity index (χ4v) is 2.55. The Hall–Kier alpha value is -0.860. The van der Waals surface area contributed by atoms with Gasteiger partial charge in [-0.05, 0) is 32.4 Å². The lowest BCUT2D eigenvalue weighted by molar-refractivity contribution is 0.0388. The molecule has 0 radical (unpaired) electrons. The van der Waals surface area contributed by atoms with Gasteiger partial charge in [-0.15, -0.1) is 0 Å². The average molecular weight is 249 g/mol. The number of aliphatic hydroxyl groups is 1. The van der Waals surface area contributed by atoms with E-state index >= 15 is 0 Å². The number of nitrogens with zero attached hydrogens (tertiary/aromatic N) is 1. The fourth-order valence-electron chi connectivity index (χ4n) is 2.55. The molecule has 0 fully saturated rings. The van der Waals surface area contributed by atoms with E-state index < -0.39 is 6.10 Å². The second-order valence-corrected chi connectivity index (χ2v) is 5.13. The molecule has 2 nitrogen and oxygen atoms in total. The van der Waals surface area contributed by atoms with Crippen molar-refractivity contribution < 1.29 is 5.11 Å². The van der Waals surface area contributed by atoms with Crippen molar-refractivity contribution in [3.8, 4) is 0 Å². The molecule has 0 saturated heterocycles. The van der Waals surface area contributed by atoms with Crippen molar-refractivity contribution in [3.63, 3.8) is 0 Å². The van der Waals surface area contributed by atoms with E-state index in [1.165, 1.54) is 12.8 Å². The Bertz CT molecular complexity index is 325. The van der Waals surface area contributed by atoms with Gasteiger partial charge in [0.25, 0.3) is 0 Å². The van der Waals surface area contributed by atoms with E-state index in [9.17, 15) is 5.11 Å². The fraction of sp³-hybridized carbons (Fsp3) is 0.625. The molecule has 1 rings (SSSR count). The second-order valence-electron chi connectivity index (χ2n) is 5.13. The summed E-state index contributed by atoms with van der Waals surface area (Å²) in [5.74, 6) is 0. The summed E-state index contributed by atoms with van der Waals surface area (Å²) in [5, 5.41) is 10.5. The van der Waals surface area contributed by atoms with Crippen molar-refractivity contribution in [1.29, 1.82) is 0 Å². The first-order valence-corrected chi connectivity index (χ1v) is 7.06. The molecule has 0 aliphatic carbocycles. The Morgan fingerprint density at radius 3 is 2.28 bits per heavy atom. The molecule has 102 valence electrons. The van der Waals surface area contributed by atoms with Gasteiger partial charge in [0.2, 0.25) is 0 Å². The van der Waals surface area contributed by atoms with Gasteiger partial charge in [0.05, 0.1) is 6.10 Å². The lowest BCUT2D eigenvalue weighted by Gasteiger charge is -2.35. The largest absolute Gasteiger partial charge is 0.387 e. The van der Waals surface area contributed by atoms with E-state index in [2.05, 4.69) is 32.7 Å². The Balaban J connectivity index is 2.76. The quantitative estimate of drug-likeness (QED) is 0.798. The van der Waals surface area contributed by atoms with Crippen LogP contribution in [0.3, 0.4) is 0 Å². The van der Waals surface area contributed by atoms with Gasteiger partial charge in [0.15, 0.2) is 0 Å². The smallest absolute Gasteiger partial charge is 0.0945 e. The Kier molecular flexibility index (Phi) is 6.37. The van der Waals surface area contributed by atoms with Crippen LogP contribution in [0.4, 0.5) is 0 Å². The normalized spacial score (nSPS) is 16.6. The summed E-state index contributed by atoms with van der Waals surface area (Å²) in [4.78, 5) is 2.32. The maximum absolute atomic E-state index is 10.5. The maximum Gasteiger partial charge on any atom is 0.0945 e. The molecular formula is C16H27NO. The molecule has 0 saturated carbocycles. The van der Waals surface area contributed by atoms with Crippen LogP contribution in [0, 0.1) is 0 Å². The molecule has 0 aliphatic heterocycles. The molecule has 0 aromatic heterocycles. The number of likely N-dealkylation sites (N-methyl/N-ethyl adjacent to an activating group) is 1. The van der Waals surface area contributed by atoms with E-state index in [4.69, 9.17) is 0 Å². The summed E-state index contributed by atoms with van der Waals surface area (Å²) in [7, 11) is 2.13. The van der Waals surface area contributed by atoms with Crippen molar-refractivity contribution >= 4 is 0 Å². The summed E-state index contributed by atoms with van der Waals surface area (Å²) < 4.78 is 0. The van der Waals surface area contributed by atoms with Gasteiger partial charge in [0, 0.05) is 12.1 Å². The summed E-state index contributed by atoms with van der Waals surface area (Å²) in [6.07, 6.45) is 2.92. The van der Waals surface area contributed by atoms with Crippen LogP contribution in [0.5, 0.6) is 0 Å². The van der Waals surface area contributed by atoms with Crippen LogP contribution in [-0.4, -0.2) is 29.1 Å². The zero-order valence-electron chi connectivity index (χ0n) is 12.1. The molecule has 0 heterocycles. The first kappa shape index (κ1) is 15.2. The minimum absolute atomic E-state index is 0.189. The molecule has 0 aliphatic rings. The minimum atomic E-state index is -0.402. The van der Waals surface area contributed by atoms with Crippen LogP contribution in [0.15, 0.2) is 30.3 Å². The van der Waals surface area contributed by atoms with Crippen molar-refractivity contribution in [2.24, 2.45) is 0 Å². The molecule has 2 heteroatoms. The highest BCUT2D eigenvalue weighted by Gasteiger charge is 2.25. The number of benzene rings is 1. The highest BCUT2D eigenvalue weighted by atomic mass is 16.3. The zero-order chi connectivity index (χ0) is 13.5. The monoisotopic (exact) mass is 249 g/mol. The molecule has 1 N–H and O–H groups in total. The molecule has 1 aromatic carbocycles. The van der Waals surface area contributed by atoms with Crippen LogP contribution in [-0.2, 0) is 0 Å². The van der Waals surface area contributed by atoms with Crippen molar-refractivity contribution in [2.75, 3.05) is 7.05 Å². The predicted octanol–water partition coefficient (Wildman–Crippen LogP) is 3.62. The lowest BCUT2D eigenvalue weighted by Crippen LogP contribution is -2.42. The number of aliphatic hydroxyl groups excluding tert-OH is 1. The van der Waals surface area contributed by atoms with Crippen LogP contribution >= 0.6 is 0 Å². The molecular weight excluding hydrogens is 222 g/mol. The zero-order valence-corrected chi connectivity index (χ0v) is 12.1. The topological polar surface area (TPSA) is 23.5 Å². The van der Waals surface area contributed by atoms with Crippen molar-refractivity contribution in [3.05, 3.63) is 35.9 Å². The molecule has 1 aromatic rings. The van der Waals surface area contributed by atoms with E-state index in [-0.39, 0.29) is 6.04 Å². The van der Waals surface area contributed by atoms with Crippen molar-refractivity contribution in [2.45, 2.75) is 58.2 Å². The number of hydrogen-bond acceptors (Lipinski definition) is 2. The molecule has 0 amide bonds. The van der Waals surface area contributed by atoms with Crippen molar-refractivity contribution in [1.82, 2.24) is 4.90 Å². The van der Waals surface area contributed by atoms with E-state index in [1.807, 2.05) is 30.3 Å². The minimum Gasteiger partial charge on any atom is -0.387 e. The van der Waals surface area contributed by atoms with Crippen LogP contribution < -0.4 is 0 Å². The van der Waals surface area contributed by atoms with E-state index in [0.29, 0.717) is 6.04 Å². The third kappa shape index (κ3) is 3.82. The summed E-state index contributed by atoms with van der Waals surface area (Å²) >= 11 is 0. The van der Waals surface area contributed by atoms with Crippen LogP contribution in [0.1, 0.15) is 51.7 Å². The van der Waals surface area contributed by atoms with Gasteiger partial charge < -0.3 is 5.11 Å². The number of rotatable bonds is 7. The molecule has 0 spiro atoms. The Labute approximate surface area is 112 Å². The number of hydrogen-bond donors (Lipinski definition) is 1. The van der Waals surface area contributed by atoms with Crippen LogP contribution in [0.2, 0.25) is 0 Å². The summed E-state index contributed by atoms with van der Waals surface area (Å²) in [6, 6.07) is 10.7. The van der Waals surface area contributed by atoms with E-state index in [1.54, 1.807) is 0 Å². The standard InChI is InChI=1S/C16H27NO/c1-5-10-13(3)17(4)15(6-2)16(18)14-11-8-7-9-12-14/h7-9,11-13,15-16,18H,5-6,10H2,1-4H3. The van der Waals surface area contributed by atoms with Gasteiger partial charge in [-0.25, -0.2) is 0 Å². The SMILES string of the molecule is CCCC(C)N(C)C(CC)C(O)c1ccccc1. The predicted molar refractivity (Wildman–Crippen MR) is 77.6 cm³/mol. The van der Waals surface area contributed by atoms with Gasteiger partial charge in [0.1, 0.15) is 0 Å². The third-order valence-corrected chi connectivity index (χ3v) is 3.85. The second kappa shape index (κ2) is 7.55. The first-order valence-electron chi connectivity index (χ1n) is 7.06. The third-order valence-electron chi connectivity index (χ3n) is 3.85. The Morgan fingerprint density at radius 1 is 1.17 bits per heavy atom. The molecule has 18 heavy (non-hydrogen) atoms.